The van der Waals surface area contributed by atoms with Crippen molar-refractivity contribution in [1.82, 2.24) is 5.32 Å². The third-order valence-electron chi connectivity index (χ3n) is 4.16. The fraction of sp³-hybridized carbons (Fsp3) is 0.500. The summed E-state index contributed by atoms with van der Waals surface area (Å²) < 4.78 is 0.255. The highest BCUT2D eigenvalue weighted by atomic mass is 32.2. The van der Waals surface area contributed by atoms with E-state index in [2.05, 4.69) is 11.6 Å². The van der Waals surface area contributed by atoms with Crippen LogP contribution in [-0.2, 0) is 11.2 Å². The normalized spacial score (nSPS) is 16.6. The molecule has 1 aromatic rings. The SMILES string of the molecule is CSC1(CNC(=O)Cc2ccc(C(N)=S)cc2)CCCC1. The van der Waals surface area contributed by atoms with Crippen molar-refractivity contribution in [3.63, 3.8) is 0 Å². The Morgan fingerprint density at radius 1 is 1.33 bits per heavy atom. The molecule has 1 aliphatic rings. The summed E-state index contributed by atoms with van der Waals surface area (Å²) in [5, 5.41) is 3.09. The van der Waals surface area contributed by atoms with Gasteiger partial charge in [0.05, 0.1) is 6.42 Å². The lowest BCUT2D eigenvalue weighted by Gasteiger charge is -2.26. The first-order valence-electron chi connectivity index (χ1n) is 7.25. The highest BCUT2D eigenvalue weighted by Crippen LogP contribution is 2.39. The van der Waals surface area contributed by atoms with E-state index >= 15 is 0 Å². The van der Waals surface area contributed by atoms with Gasteiger partial charge in [0.25, 0.3) is 0 Å². The molecule has 0 aliphatic heterocycles. The highest BCUT2D eigenvalue weighted by Gasteiger charge is 2.33. The number of carbonyl (C=O) groups is 1. The molecule has 2 rings (SSSR count). The molecule has 0 radical (unpaired) electrons. The molecule has 0 spiro atoms. The minimum atomic E-state index is 0.0819. The first-order chi connectivity index (χ1) is 10.0. The topological polar surface area (TPSA) is 55.1 Å². The molecule has 0 unspecified atom stereocenters. The van der Waals surface area contributed by atoms with E-state index < -0.39 is 0 Å². The molecule has 0 bridgehead atoms. The van der Waals surface area contributed by atoms with Gasteiger partial charge in [-0.15, -0.1) is 0 Å². The van der Waals surface area contributed by atoms with Crippen molar-refractivity contribution < 1.29 is 4.79 Å². The van der Waals surface area contributed by atoms with E-state index in [0.29, 0.717) is 11.4 Å². The van der Waals surface area contributed by atoms with Gasteiger partial charge in [0.2, 0.25) is 5.91 Å². The summed E-state index contributed by atoms with van der Waals surface area (Å²) in [4.78, 5) is 12.5. The number of thiocarbonyl (C=S) groups is 1. The lowest BCUT2D eigenvalue weighted by atomic mass is 10.1. The Kier molecular flexibility index (Phi) is 5.65. The highest BCUT2D eigenvalue weighted by molar-refractivity contribution is 8.00. The molecule has 21 heavy (non-hydrogen) atoms. The number of amides is 1. The molecule has 1 amide bonds. The molecule has 1 fully saturated rings. The maximum absolute atomic E-state index is 12.1. The van der Waals surface area contributed by atoms with Gasteiger partial charge < -0.3 is 11.1 Å². The molecule has 0 aromatic heterocycles. The molecule has 3 N–H and O–H groups in total. The van der Waals surface area contributed by atoms with Gasteiger partial charge in [0.1, 0.15) is 4.99 Å². The van der Waals surface area contributed by atoms with Crippen LogP contribution in [0, 0.1) is 0 Å². The minimum Gasteiger partial charge on any atom is -0.389 e. The second kappa shape index (κ2) is 7.27. The molecule has 0 atom stereocenters. The van der Waals surface area contributed by atoms with Crippen molar-refractivity contribution in [2.75, 3.05) is 12.8 Å². The van der Waals surface area contributed by atoms with Crippen molar-refractivity contribution in [1.29, 1.82) is 0 Å². The summed E-state index contributed by atoms with van der Waals surface area (Å²) in [6.45, 7) is 0.776. The quantitative estimate of drug-likeness (QED) is 0.791. The monoisotopic (exact) mass is 322 g/mol. The van der Waals surface area contributed by atoms with Crippen LogP contribution in [0.2, 0.25) is 0 Å². The fourth-order valence-corrected chi connectivity index (χ4v) is 3.82. The zero-order valence-corrected chi connectivity index (χ0v) is 14.0. The van der Waals surface area contributed by atoms with Crippen molar-refractivity contribution in [3.8, 4) is 0 Å². The average Bonchev–Trinajstić information content (AvgIpc) is 2.95. The first kappa shape index (κ1) is 16.3. The Morgan fingerprint density at radius 2 is 1.95 bits per heavy atom. The average molecular weight is 322 g/mol. The van der Waals surface area contributed by atoms with Crippen molar-refractivity contribution in [3.05, 3.63) is 35.4 Å². The fourth-order valence-electron chi connectivity index (χ4n) is 2.77. The minimum absolute atomic E-state index is 0.0819. The predicted octanol–water partition coefficient (Wildman–Crippen LogP) is 2.66. The molecular weight excluding hydrogens is 300 g/mol. The lowest BCUT2D eigenvalue weighted by Crippen LogP contribution is -2.39. The number of hydrogen-bond acceptors (Lipinski definition) is 3. The Labute approximate surface area is 136 Å². The third kappa shape index (κ3) is 4.45. The number of rotatable bonds is 6. The Hall–Kier alpha value is -1.07. The van der Waals surface area contributed by atoms with Crippen molar-refractivity contribution in [2.24, 2.45) is 5.73 Å². The summed E-state index contributed by atoms with van der Waals surface area (Å²) in [5.74, 6) is 0.0819. The second-order valence-electron chi connectivity index (χ2n) is 5.61. The van der Waals surface area contributed by atoms with Crippen molar-refractivity contribution >= 4 is 34.9 Å². The van der Waals surface area contributed by atoms with Gasteiger partial charge in [-0.05, 0) is 24.7 Å². The van der Waals surface area contributed by atoms with E-state index in [0.717, 1.165) is 17.7 Å². The van der Waals surface area contributed by atoms with Gasteiger partial charge in [-0.2, -0.15) is 11.8 Å². The van der Waals surface area contributed by atoms with Gasteiger partial charge in [0, 0.05) is 16.9 Å². The number of hydrogen-bond donors (Lipinski definition) is 2. The van der Waals surface area contributed by atoms with Gasteiger partial charge in [-0.25, -0.2) is 0 Å². The maximum atomic E-state index is 12.1. The van der Waals surface area contributed by atoms with Crippen LogP contribution >= 0.6 is 24.0 Å². The standard InChI is InChI=1S/C16H22N2OS2/c1-21-16(8-2-3-9-16)11-18-14(19)10-12-4-6-13(7-5-12)15(17)20/h4-7H,2-3,8-11H2,1H3,(H2,17,20)(H,18,19). The van der Waals surface area contributed by atoms with Crippen LogP contribution < -0.4 is 11.1 Å². The van der Waals surface area contributed by atoms with Crippen LogP contribution in [0.4, 0.5) is 0 Å². The van der Waals surface area contributed by atoms with E-state index in [4.69, 9.17) is 18.0 Å². The van der Waals surface area contributed by atoms with E-state index in [-0.39, 0.29) is 10.7 Å². The molecule has 0 heterocycles. The number of nitrogens with one attached hydrogen (secondary N) is 1. The number of carbonyl (C=O) groups excluding carboxylic acids is 1. The summed E-state index contributed by atoms with van der Waals surface area (Å²) in [7, 11) is 0. The van der Waals surface area contributed by atoms with Gasteiger partial charge in [-0.3, -0.25) is 4.79 Å². The van der Waals surface area contributed by atoms with E-state index in [1.807, 2.05) is 36.0 Å². The second-order valence-corrected chi connectivity index (χ2v) is 7.32. The van der Waals surface area contributed by atoms with Crippen LogP contribution in [0.25, 0.3) is 0 Å². The molecule has 0 saturated heterocycles. The third-order valence-corrected chi connectivity index (χ3v) is 5.81. The predicted molar refractivity (Wildman–Crippen MR) is 93.8 cm³/mol. The molecule has 5 heteroatoms. The number of thioether (sulfide) groups is 1. The van der Waals surface area contributed by atoms with E-state index in [1.54, 1.807) is 0 Å². The molecule has 1 aromatic carbocycles. The maximum Gasteiger partial charge on any atom is 0.224 e. The zero-order chi connectivity index (χ0) is 15.3. The Bertz CT molecular complexity index is 508. The van der Waals surface area contributed by atoms with Crippen LogP contribution in [0.3, 0.4) is 0 Å². The summed E-state index contributed by atoms with van der Waals surface area (Å²) in [6, 6.07) is 7.55. The number of benzene rings is 1. The van der Waals surface area contributed by atoms with Crippen LogP contribution in [0.1, 0.15) is 36.8 Å². The van der Waals surface area contributed by atoms with Gasteiger partial charge in [0.15, 0.2) is 0 Å². The first-order valence-corrected chi connectivity index (χ1v) is 8.88. The largest absolute Gasteiger partial charge is 0.389 e. The molecular formula is C16H22N2OS2. The smallest absolute Gasteiger partial charge is 0.224 e. The molecule has 3 nitrogen and oxygen atoms in total. The lowest BCUT2D eigenvalue weighted by molar-refractivity contribution is -0.120. The Morgan fingerprint density at radius 3 is 2.48 bits per heavy atom. The van der Waals surface area contributed by atoms with Crippen LogP contribution in [0.5, 0.6) is 0 Å². The summed E-state index contributed by atoms with van der Waals surface area (Å²) >= 11 is 6.81. The van der Waals surface area contributed by atoms with Gasteiger partial charge in [-0.1, -0.05) is 49.3 Å². The van der Waals surface area contributed by atoms with E-state index in [1.165, 1.54) is 25.7 Å². The molecule has 1 saturated carbocycles. The van der Waals surface area contributed by atoms with Crippen molar-refractivity contribution in [2.45, 2.75) is 36.9 Å². The molecule has 1 aliphatic carbocycles. The van der Waals surface area contributed by atoms with E-state index in [9.17, 15) is 4.79 Å². The van der Waals surface area contributed by atoms with Gasteiger partial charge >= 0.3 is 0 Å². The Balaban J connectivity index is 1.85. The van der Waals surface area contributed by atoms with Crippen LogP contribution in [0.15, 0.2) is 24.3 Å². The number of nitrogens with two attached hydrogens (primary N) is 1. The summed E-state index contributed by atoms with van der Waals surface area (Å²) in [6.07, 6.45) is 7.51. The zero-order valence-electron chi connectivity index (χ0n) is 12.4. The molecule has 114 valence electrons. The van der Waals surface area contributed by atoms with Crippen LogP contribution in [-0.4, -0.2) is 28.4 Å². The summed E-state index contributed by atoms with van der Waals surface area (Å²) in [5.41, 5.74) is 7.38.